The Kier molecular flexibility index (Phi) is 3.65. The van der Waals surface area contributed by atoms with Crippen molar-refractivity contribution in [3.05, 3.63) is 29.3 Å². The maximum Gasteiger partial charge on any atom is 0.164 e. The molecule has 21 heavy (non-hydrogen) atoms. The topological polar surface area (TPSA) is 47.6 Å². The van der Waals surface area contributed by atoms with Gasteiger partial charge in [-0.1, -0.05) is 0 Å². The first-order valence-electron chi connectivity index (χ1n) is 6.60. The van der Waals surface area contributed by atoms with Gasteiger partial charge in [0.1, 0.15) is 12.2 Å². The van der Waals surface area contributed by atoms with Crippen molar-refractivity contribution in [2.45, 2.75) is 18.6 Å². The number of benzene rings is 1. The number of thioether (sulfide) groups is 1. The first-order valence-corrected chi connectivity index (χ1v) is 7.58. The molecule has 0 unspecified atom stereocenters. The molecule has 2 heterocycles. The Labute approximate surface area is 124 Å². The molecule has 0 aliphatic carbocycles. The maximum absolute atomic E-state index is 14.3. The first-order chi connectivity index (χ1) is 9.98. The molecule has 2 N–H and O–H groups in total. The smallest absolute Gasteiger partial charge is 0.164 e. The molecular weight excluding hydrogens is 301 g/mol. The fourth-order valence-corrected chi connectivity index (χ4v) is 4.20. The van der Waals surface area contributed by atoms with Gasteiger partial charge < -0.3 is 10.5 Å². The van der Waals surface area contributed by atoms with Gasteiger partial charge in [0.2, 0.25) is 0 Å². The lowest BCUT2D eigenvalue weighted by Crippen LogP contribution is -2.41. The van der Waals surface area contributed by atoms with Gasteiger partial charge in [-0.15, -0.1) is 11.8 Å². The van der Waals surface area contributed by atoms with E-state index in [4.69, 9.17) is 10.5 Å². The third-order valence-electron chi connectivity index (χ3n) is 4.08. The molecule has 3 atom stereocenters. The Hall–Kier alpha value is -1.21. The summed E-state index contributed by atoms with van der Waals surface area (Å²) in [5.74, 6) is -1.79. The van der Waals surface area contributed by atoms with Crippen LogP contribution in [-0.2, 0) is 10.3 Å². The molecule has 0 saturated carbocycles. The number of alkyl halides is 1. The van der Waals surface area contributed by atoms with Gasteiger partial charge in [0, 0.05) is 22.9 Å². The van der Waals surface area contributed by atoms with Gasteiger partial charge in [0.25, 0.3) is 0 Å². The van der Waals surface area contributed by atoms with E-state index in [1.807, 2.05) is 0 Å². The number of hydrogen-bond acceptors (Lipinski definition) is 4. The largest absolute Gasteiger partial charge is 0.399 e. The SMILES string of the molecule is CC1=N[C@@]2(c3cc(N)cc(F)c3F)CO[C@H](CF)[C@H]2CS1. The van der Waals surface area contributed by atoms with E-state index in [0.29, 0.717) is 5.75 Å². The molecular formula is C14H15F3N2OS. The first kappa shape index (κ1) is 14.7. The van der Waals surface area contributed by atoms with Crippen molar-refractivity contribution < 1.29 is 17.9 Å². The van der Waals surface area contributed by atoms with Crippen LogP contribution in [-0.4, -0.2) is 30.2 Å². The summed E-state index contributed by atoms with van der Waals surface area (Å²) >= 11 is 1.48. The van der Waals surface area contributed by atoms with E-state index in [1.165, 1.54) is 17.8 Å². The summed E-state index contributed by atoms with van der Waals surface area (Å²) in [6.07, 6.45) is -0.654. The summed E-state index contributed by atoms with van der Waals surface area (Å²) in [5.41, 5.74) is 4.72. The molecule has 1 fully saturated rings. The second-order valence-electron chi connectivity index (χ2n) is 5.34. The fraction of sp³-hybridized carbons (Fsp3) is 0.500. The van der Waals surface area contributed by atoms with Crippen molar-refractivity contribution in [1.29, 1.82) is 0 Å². The number of aliphatic imine (C=N–C) groups is 1. The van der Waals surface area contributed by atoms with E-state index >= 15 is 0 Å². The number of ether oxygens (including phenoxy) is 1. The highest BCUT2D eigenvalue weighted by Gasteiger charge is 2.54. The molecule has 0 aromatic heterocycles. The Morgan fingerprint density at radius 2 is 2.24 bits per heavy atom. The number of nitrogens with zero attached hydrogens (tertiary/aromatic N) is 1. The standard InChI is InChI=1S/C14H15F3N2OS/c1-7-19-14(6-20-12(4-15)10(14)5-21-7)9-2-8(18)3-11(16)13(9)17/h2-3,10,12H,4-6,18H2,1H3/t10-,12-,14-/m1/s1. The number of fused-ring (bicyclic) bond motifs is 1. The predicted molar refractivity (Wildman–Crippen MR) is 77.2 cm³/mol. The molecule has 1 saturated heterocycles. The number of anilines is 1. The zero-order valence-electron chi connectivity index (χ0n) is 11.4. The van der Waals surface area contributed by atoms with Gasteiger partial charge in [-0.05, 0) is 19.1 Å². The lowest BCUT2D eigenvalue weighted by Gasteiger charge is -2.36. The average molecular weight is 316 g/mol. The lowest BCUT2D eigenvalue weighted by atomic mass is 9.78. The van der Waals surface area contributed by atoms with E-state index in [-0.39, 0.29) is 23.8 Å². The van der Waals surface area contributed by atoms with Gasteiger partial charge in [-0.3, -0.25) is 4.99 Å². The second-order valence-corrected chi connectivity index (χ2v) is 6.55. The van der Waals surface area contributed by atoms with Crippen molar-refractivity contribution in [3.63, 3.8) is 0 Å². The summed E-state index contributed by atoms with van der Waals surface area (Å²) in [6.45, 7) is 1.16. The molecule has 2 aliphatic heterocycles. The molecule has 0 radical (unpaired) electrons. The molecule has 1 aromatic rings. The van der Waals surface area contributed by atoms with Gasteiger partial charge in [-0.25, -0.2) is 13.2 Å². The Balaban J connectivity index is 2.19. The van der Waals surface area contributed by atoms with Crippen LogP contribution >= 0.6 is 11.8 Å². The van der Waals surface area contributed by atoms with Crippen LogP contribution in [0, 0.1) is 17.6 Å². The summed E-state index contributed by atoms with van der Waals surface area (Å²) in [5, 5.41) is 0.747. The minimum atomic E-state index is -1.09. The molecule has 0 bridgehead atoms. The summed E-state index contributed by atoms with van der Waals surface area (Å²) in [6, 6.07) is 2.31. The summed E-state index contributed by atoms with van der Waals surface area (Å²) in [4.78, 5) is 4.51. The predicted octanol–water partition coefficient (Wildman–Crippen LogP) is 2.89. The number of rotatable bonds is 2. The highest BCUT2D eigenvalue weighted by atomic mass is 32.2. The van der Waals surface area contributed by atoms with Crippen LogP contribution in [0.2, 0.25) is 0 Å². The monoisotopic (exact) mass is 316 g/mol. The molecule has 0 spiro atoms. The second kappa shape index (κ2) is 5.21. The maximum atomic E-state index is 14.3. The third-order valence-corrected chi connectivity index (χ3v) is 5.11. The number of hydrogen-bond donors (Lipinski definition) is 1. The minimum Gasteiger partial charge on any atom is -0.399 e. The summed E-state index contributed by atoms with van der Waals surface area (Å²) < 4.78 is 46.6. The van der Waals surface area contributed by atoms with E-state index < -0.39 is 30.0 Å². The zero-order chi connectivity index (χ0) is 15.2. The molecule has 3 nitrogen and oxygen atoms in total. The van der Waals surface area contributed by atoms with Gasteiger partial charge >= 0.3 is 0 Å². The number of nitrogen functional groups attached to an aromatic ring is 1. The van der Waals surface area contributed by atoms with Crippen LogP contribution in [0.1, 0.15) is 12.5 Å². The van der Waals surface area contributed by atoms with Gasteiger partial charge in [-0.2, -0.15) is 0 Å². The Bertz CT molecular complexity index is 610. The Morgan fingerprint density at radius 1 is 1.48 bits per heavy atom. The third kappa shape index (κ3) is 2.23. The number of nitrogens with two attached hydrogens (primary N) is 1. The normalized spacial score (nSPS) is 31.9. The highest BCUT2D eigenvalue weighted by molar-refractivity contribution is 8.13. The lowest BCUT2D eigenvalue weighted by molar-refractivity contribution is 0.0721. The van der Waals surface area contributed by atoms with Gasteiger partial charge in [0.15, 0.2) is 11.6 Å². The highest BCUT2D eigenvalue weighted by Crippen LogP contribution is 2.49. The molecule has 114 valence electrons. The van der Waals surface area contributed by atoms with Crippen LogP contribution in [0.3, 0.4) is 0 Å². The molecule has 2 aliphatic rings. The average Bonchev–Trinajstić information content (AvgIpc) is 2.81. The van der Waals surface area contributed by atoms with Crippen molar-refractivity contribution in [3.8, 4) is 0 Å². The minimum absolute atomic E-state index is 0.0317. The van der Waals surface area contributed by atoms with E-state index in [1.54, 1.807) is 6.92 Å². The van der Waals surface area contributed by atoms with Crippen molar-refractivity contribution >= 4 is 22.5 Å². The van der Waals surface area contributed by atoms with Crippen molar-refractivity contribution in [2.75, 3.05) is 24.8 Å². The zero-order valence-corrected chi connectivity index (χ0v) is 12.2. The van der Waals surface area contributed by atoms with E-state index in [0.717, 1.165) is 11.1 Å². The van der Waals surface area contributed by atoms with Crippen LogP contribution in [0.4, 0.5) is 18.9 Å². The molecule has 7 heteroatoms. The van der Waals surface area contributed by atoms with Crippen LogP contribution in [0.25, 0.3) is 0 Å². The van der Waals surface area contributed by atoms with Crippen LogP contribution < -0.4 is 5.73 Å². The number of halogens is 3. The van der Waals surface area contributed by atoms with Crippen molar-refractivity contribution in [1.82, 2.24) is 0 Å². The van der Waals surface area contributed by atoms with E-state index in [9.17, 15) is 13.2 Å². The van der Waals surface area contributed by atoms with Crippen molar-refractivity contribution in [2.24, 2.45) is 10.9 Å². The van der Waals surface area contributed by atoms with Crippen LogP contribution in [0.15, 0.2) is 17.1 Å². The Morgan fingerprint density at radius 3 is 2.95 bits per heavy atom. The molecule has 3 rings (SSSR count). The quantitative estimate of drug-likeness (QED) is 0.854. The van der Waals surface area contributed by atoms with Crippen LogP contribution in [0.5, 0.6) is 0 Å². The molecule has 1 aromatic carbocycles. The van der Waals surface area contributed by atoms with E-state index in [2.05, 4.69) is 4.99 Å². The van der Waals surface area contributed by atoms with Gasteiger partial charge in [0.05, 0.1) is 17.8 Å². The molecule has 0 amide bonds. The fourth-order valence-electron chi connectivity index (χ4n) is 3.06. The summed E-state index contributed by atoms with van der Waals surface area (Å²) in [7, 11) is 0.